The van der Waals surface area contributed by atoms with Crippen molar-refractivity contribution in [2.45, 2.75) is 31.1 Å². The summed E-state index contributed by atoms with van der Waals surface area (Å²) in [7, 11) is 2.30. The van der Waals surface area contributed by atoms with Gasteiger partial charge in [0, 0.05) is 18.5 Å². The van der Waals surface area contributed by atoms with Crippen molar-refractivity contribution in [2.75, 3.05) is 33.2 Å². The fourth-order valence-electron chi connectivity index (χ4n) is 3.58. The number of benzene rings is 1. The molecule has 1 aliphatic carbocycles. The Bertz CT molecular complexity index is 397. The minimum absolute atomic E-state index is 0. The van der Waals surface area contributed by atoms with E-state index in [2.05, 4.69) is 47.6 Å². The molecule has 3 rings (SSSR count). The zero-order chi connectivity index (χ0) is 13.1. The van der Waals surface area contributed by atoms with Crippen LogP contribution in [0.5, 0.6) is 0 Å². The number of hydrogen-bond donors (Lipinski definition) is 1. The quantitative estimate of drug-likeness (QED) is 0.898. The molecule has 2 nitrogen and oxygen atoms in total. The molecule has 1 aromatic carbocycles. The molecule has 20 heavy (non-hydrogen) atoms. The van der Waals surface area contributed by atoms with E-state index < -0.39 is 0 Å². The van der Waals surface area contributed by atoms with Gasteiger partial charge in [-0.1, -0.05) is 30.3 Å². The fraction of sp³-hybridized carbons (Fsp3) is 0.647. The number of nitrogens with one attached hydrogen (secondary N) is 1. The second-order valence-corrected chi connectivity index (χ2v) is 6.56. The molecule has 2 fully saturated rings. The van der Waals surface area contributed by atoms with E-state index >= 15 is 0 Å². The molecular formula is C17H27ClN2. The van der Waals surface area contributed by atoms with E-state index in [0.29, 0.717) is 5.41 Å². The minimum atomic E-state index is 0. The number of piperidine rings is 1. The molecule has 112 valence electrons. The molecule has 1 aromatic rings. The second-order valence-electron chi connectivity index (χ2n) is 6.56. The van der Waals surface area contributed by atoms with Gasteiger partial charge in [0.25, 0.3) is 0 Å². The van der Waals surface area contributed by atoms with Crippen LogP contribution in [-0.4, -0.2) is 38.1 Å². The van der Waals surface area contributed by atoms with Gasteiger partial charge in [-0.05, 0) is 57.3 Å². The molecule has 1 heterocycles. The first kappa shape index (κ1) is 15.8. The summed E-state index contributed by atoms with van der Waals surface area (Å²) < 4.78 is 0. The first-order chi connectivity index (χ1) is 9.28. The lowest BCUT2D eigenvalue weighted by molar-refractivity contribution is 0.228. The van der Waals surface area contributed by atoms with E-state index in [9.17, 15) is 0 Å². The summed E-state index contributed by atoms with van der Waals surface area (Å²) in [5.74, 6) is 0.852. The van der Waals surface area contributed by atoms with Gasteiger partial charge in [0.15, 0.2) is 0 Å². The summed E-state index contributed by atoms with van der Waals surface area (Å²) in [6.07, 6.45) is 5.48. The molecular weight excluding hydrogens is 268 g/mol. The van der Waals surface area contributed by atoms with Crippen LogP contribution in [-0.2, 0) is 5.41 Å². The molecule has 3 heteroatoms. The highest BCUT2D eigenvalue weighted by Crippen LogP contribution is 2.48. The van der Waals surface area contributed by atoms with E-state index in [-0.39, 0.29) is 12.4 Å². The van der Waals surface area contributed by atoms with Gasteiger partial charge in [-0.15, -0.1) is 12.4 Å². The van der Waals surface area contributed by atoms with E-state index in [4.69, 9.17) is 0 Å². The molecule has 1 saturated carbocycles. The average molecular weight is 295 g/mol. The SMILES string of the molecule is CN(CC1CCCNC1)CC1(c2ccccc2)CC1.Cl. The summed E-state index contributed by atoms with van der Waals surface area (Å²) in [4.78, 5) is 2.57. The molecule has 0 amide bonds. The maximum Gasteiger partial charge on any atom is 0.00808 e. The molecule has 2 aliphatic rings. The Hall–Kier alpha value is -0.570. The van der Waals surface area contributed by atoms with Crippen molar-refractivity contribution >= 4 is 12.4 Å². The van der Waals surface area contributed by atoms with Crippen LogP contribution in [0, 0.1) is 5.92 Å². The zero-order valence-electron chi connectivity index (χ0n) is 12.5. The van der Waals surface area contributed by atoms with Gasteiger partial charge in [0.05, 0.1) is 0 Å². The summed E-state index contributed by atoms with van der Waals surface area (Å²) in [6.45, 7) is 4.91. The summed E-state index contributed by atoms with van der Waals surface area (Å²) in [5, 5.41) is 3.52. The third kappa shape index (κ3) is 3.75. The zero-order valence-corrected chi connectivity index (χ0v) is 13.3. The van der Waals surface area contributed by atoms with Crippen LogP contribution in [0.1, 0.15) is 31.2 Å². The Morgan fingerprint density at radius 1 is 1.25 bits per heavy atom. The van der Waals surface area contributed by atoms with Gasteiger partial charge in [-0.25, -0.2) is 0 Å². The van der Waals surface area contributed by atoms with Crippen molar-refractivity contribution in [3.05, 3.63) is 35.9 Å². The third-order valence-corrected chi connectivity index (χ3v) is 4.78. The third-order valence-electron chi connectivity index (χ3n) is 4.78. The largest absolute Gasteiger partial charge is 0.316 e. The Labute approximate surface area is 129 Å². The van der Waals surface area contributed by atoms with Crippen molar-refractivity contribution in [2.24, 2.45) is 5.92 Å². The predicted octanol–water partition coefficient (Wildman–Crippen LogP) is 3.07. The normalized spacial score (nSPS) is 24.2. The first-order valence-electron chi connectivity index (χ1n) is 7.73. The average Bonchev–Trinajstić information content (AvgIpc) is 3.21. The Balaban J connectivity index is 0.00000147. The second kappa shape index (κ2) is 6.93. The Morgan fingerprint density at radius 2 is 2.00 bits per heavy atom. The number of halogens is 1. The summed E-state index contributed by atoms with van der Waals surface area (Å²) in [6, 6.07) is 11.1. The first-order valence-corrected chi connectivity index (χ1v) is 7.73. The van der Waals surface area contributed by atoms with Crippen molar-refractivity contribution in [3.63, 3.8) is 0 Å². The van der Waals surface area contributed by atoms with Crippen LogP contribution in [0.4, 0.5) is 0 Å². The van der Waals surface area contributed by atoms with Gasteiger partial charge in [-0.2, -0.15) is 0 Å². The number of nitrogens with zero attached hydrogens (tertiary/aromatic N) is 1. The Morgan fingerprint density at radius 3 is 2.60 bits per heavy atom. The maximum atomic E-state index is 3.52. The van der Waals surface area contributed by atoms with E-state index in [1.165, 1.54) is 51.9 Å². The predicted molar refractivity (Wildman–Crippen MR) is 87.7 cm³/mol. The number of rotatable bonds is 5. The van der Waals surface area contributed by atoms with Gasteiger partial charge >= 0.3 is 0 Å². The number of hydrogen-bond acceptors (Lipinski definition) is 2. The van der Waals surface area contributed by atoms with Crippen LogP contribution in [0.15, 0.2) is 30.3 Å². The lowest BCUT2D eigenvalue weighted by atomic mass is 9.94. The van der Waals surface area contributed by atoms with Crippen LogP contribution in [0.25, 0.3) is 0 Å². The van der Waals surface area contributed by atoms with Gasteiger partial charge in [-0.3, -0.25) is 0 Å². The summed E-state index contributed by atoms with van der Waals surface area (Å²) >= 11 is 0. The smallest absolute Gasteiger partial charge is 0.00808 e. The van der Waals surface area contributed by atoms with E-state index in [1.54, 1.807) is 5.56 Å². The van der Waals surface area contributed by atoms with Gasteiger partial charge in [0.1, 0.15) is 0 Å². The molecule has 1 aliphatic heterocycles. The topological polar surface area (TPSA) is 15.3 Å². The minimum Gasteiger partial charge on any atom is -0.316 e. The highest BCUT2D eigenvalue weighted by atomic mass is 35.5. The highest BCUT2D eigenvalue weighted by Gasteiger charge is 2.44. The van der Waals surface area contributed by atoms with Crippen LogP contribution in [0.3, 0.4) is 0 Å². The molecule has 0 aromatic heterocycles. The van der Waals surface area contributed by atoms with Crippen molar-refractivity contribution in [1.82, 2.24) is 10.2 Å². The van der Waals surface area contributed by atoms with E-state index in [1.807, 2.05) is 0 Å². The molecule has 1 atom stereocenters. The molecule has 1 N–H and O–H groups in total. The maximum absolute atomic E-state index is 3.52. The molecule has 0 spiro atoms. The van der Waals surface area contributed by atoms with Crippen LogP contribution in [0.2, 0.25) is 0 Å². The lowest BCUT2D eigenvalue weighted by Crippen LogP contribution is -2.39. The van der Waals surface area contributed by atoms with Crippen molar-refractivity contribution in [1.29, 1.82) is 0 Å². The van der Waals surface area contributed by atoms with Crippen LogP contribution < -0.4 is 5.32 Å². The number of likely N-dealkylation sites (N-methyl/N-ethyl adjacent to an activating group) is 1. The monoisotopic (exact) mass is 294 g/mol. The molecule has 1 unspecified atom stereocenters. The molecule has 0 bridgehead atoms. The molecule has 1 saturated heterocycles. The van der Waals surface area contributed by atoms with Crippen molar-refractivity contribution < 1.29 is 0 Å². The summed E-state index contributed by atoms with van der Waals surface area (Å²) in [5.41, 5.74) is 2.02. The molecule has 0 radical (unpaired) electrons. The highest BCUT2D eigenvalue weighted by molar-refractivity contribution is 5.85. The fourth-order valence-corrected chi connectivity index (χ4v) is 3.58. The van der Waals surface area contributed by atoms with E-state index in [0.717, 1.165) is 5.92 Å². The standard InChI is InChI=1S/C17H26N2.ClH/c1-19(13-15-6-5-11-18-12-15)14-17(9-10-17)16-7-3-2-4-8-16;/h2-4,7-8,15,18H,5-6,9-14H2,1H3;1H. The van der Waals surface area contributed by atoms with Gasteiger partial charge < -0.3 is 10.2 Å². The van der Waals surface area contributed by atoms with Crippen molar-refractivity contribution in [3.8, 4) is 0 Å². The van der Waals surface area contributed by atoms with Crippen LogP contribution >= 0.6 is 12.4 Å². The lowest BCUT2D eigenvalue weighted by Gasteiger charge is -2.30. The van der Waals surface area contributed by atoms with Gasteiger partial charge in [0.2, 0.25) is 0 Å². The Kier molecular flexibility index (Phi) is 5.48.